The molecule has 0 saturated heterocycles. The first kappa shape index (κ1) is 21.1. The molecular formula is C29H26N6. The quantitative estimate of drug-likeness (QED) is 0.346. The van der Waals surface area contributed by atoms with Gasteiger partial charge < -0.3 is 15.2 Å². The highest BCUT2D eigenvalue weighted by Crippen LogP contribution is 2.39. The van der Waals surface area contributed by atoms with Crippen LogP contribution in [0.3, 0.4) is 0 Å². The first-order valence-corrected chi connectivity index (χ1v) is 11.7. The van der Waals surface area contributed by atoms with Crippen LogP contribution < -0.4 is 10.2 Å². The summed E-state index contributed by atoms with van der Waals surface area (Å²) in [7, 11) is 4.06. The predicted molar refractivity (Wildman–Crippen MR) is 144 cm³/mol. The van der Waals surface area contributed by atoms with E-state index in [4.69, 9.17) is 4.98 Å². The summed E-state index contributed by atoms with van der Waals surface area (Å²) in [6.07, 6.45) is 7.44. The lowest BCUT2D eigenvalue weighted by molar-refractivity contribution is 1.11. The molecule has 0 saturated carbocycles. The van der Waals surface area contributed by atoms with E-state index in [0.29, 0.717) is 0 Å². The normalized spacial score (nSPS) is 13.0. The van der Waals surface area contributed by atoms with Gasteiger partial charge in [-0.2, -0.15) is 0 Å². The third kappa shape index (κ3) is 3.73. The summed E-state index contributed by atoms with van der Waals surface area (Å²) in [5.74, 6) is 0.888. The molecular weight excluding hydrogens is 432 g/mol. The van der Waals surface area contributed by atoms with Gasteiger partial charge in [-0.3, -0.25) is 9.97 Å². The number of H-pyrrole nitrogens is 1. The zero-order chi connectivity index (χ0) is 23.9. The Morgan fingerprint density at radius 3 is 2.51 bits per heavy atom. The summed E-state index contributed by atoms with van der Waals surface area (Å²) < 4.78 is 0. The van der Waals surface area contributed by atoms with E-state index in [1.807, 2.05) is 51.0 Å². The van der Waals surface area contributed by atoms with Crippen molar-refractivity contribution in [1.82, 2.24) is 19.9 Å². The largest absolute Gasteiger partial charge is 0.381 e. The maximum Gasteiger partial charge on any atom is 0.139 e. The molecule has 1 aliphatic heterocycles. The van der Waals surface area contributed by atoms with Gasteiger partial charge in [-0.05, 0) is 60.0 Å². The van der Waals surface area contributed by atoms with Crippen molar-refractivity contribution in [3.63, 3.8) is 0 Å². The number of imidazole rings is 1. The molecule has 0 bridgehead atoms. The second-order valence-corrected chi connectivity index (χ2v) is 9.12. The van der Waals surface area contributed by atoms with Gasteiger partial charge in [0.25, 0.3) is 0 Å². The summed E-state index contributed by atoms with van der Waals surface area (Å²) in [4.78, 5) is 19.4. The Morgan fingerprint density at radius 1 is 0.829 bits per heavy atom. The Morgan fingerprint density at radius 2 is 1.69 bits per heavy atom. The van der Waals surface area contributed by atoms with Crippen molar-refractivity contribution in [2.24, 2.45) is 0 Å². The number of para-hydroxylation sites is 1. The third-order valence-electron chi connectivity index (χ3n) is 6.57. The van der Waals surface area contributed by atoms with Crippen LogP contribution in [0.5, 0.6) is 0 Å². The lowest BCUT2D eigenvalue weighted by Crippen LogP contribution is -2.14. The standard InChI is InChI=1S/C29H26N6/c1-18-15-32-25-8-7-20(21-13-22(35(2)3)17-31-16-21)14-24(25)27(18)29-33-26-6-4-5-23(28(26)34-29)19-9-11-30-12-10-19/h4-14,16-17,32H,15H2,1-3H3,(H,33,34). The molecule has 5 aromatic rings. The van der Waals surface area contributed by atoms with Crippen LogP contribution in [-0.2, 0) is 0 Å². The van der Waals surface area contributed by atoms with E-state index in [9.17, 15) is 0 Å². The zero-order valence-electron chi connectivity index (χ0n) is 20.0. The maximum absolute atomic E-state index is 5.12. The monoisotopic (exact) mass is 458 g/mol. The predicted octanol–water partition coefficient (Wildman–Crippen LogP) is 6.00. The number of benzene rings is 2. The van der Waals surface area contributed by atoms with Crippen molar-refractivity contribution >= 4 is 28.0 Å². The molecule has 4 heterocycles. The Bertz CT molecular complexity index is 1580. The molecule has 0 radical (unpaired) electrons. The van der Waals surface area contributed by atoms with Crippen LogP contribution in [0.1, 0.15) is 18.3 Å². The van der Waals surface area contributed by atoms with E-state index in [-0.39, 0.29) is 0 Å². The molecule has 6 nitrogen and oxygen atoms in total. The van der Waals surface area contributed by atoms with Gasteiger partial charge in [0.15, 0.2) is 0 Å². The fourth-order valence-electron chi connectivity index (χ4n) is 4.71. The molecule has 0 spiro atoms. The molecule has 2 N–H and O–H groups in total. The molecule has 0 unspecified atom stereocenters. The van der Waals surface area contributed by atoms with Crippen molar-refractivity contribution in [1.29, 1.82) is 0 Å². The van der Waals surface area contributed by atoms with Gasteiger partial charge in [0, 0.05) is 67.2 Å². The van der Waals surface area contributed by atoms with Gasteiger partial charge in [-0.1, -0.05) is 18.2 Å². The molecule has 0 atom stereocenters. The minimum Gasteiger partial charge on any atom is -0.381 e. The number of rotatable bonds is 4. The van der Waals surface area contributed by atoms with Crippen LogP contribution in [0.4, 0.5) is 11.4 Å². The maximum atomic E-state index is 5.12. The summed E-state index contributed by atoms with van der Waals surface area (Å²) >= 11 is 0. The second kappa shape index (κ2) is 8.40. The van der Waals surface area contributed by atoms with E-state index in [0.717, 1.165) is 68.2 Å². The smallest absolute Gasteiger partial charge is 0.139 e. The van der Waals surface area contributed by atoms with E-state index in [2.05, 4.69) is 74.6 Å². The minimum atomic E-state index is 0.785. The highest BCUT2D eigenvalue weighted by atomic mass is 15.1. The van der Waals surface area contributed by atoms with E-state index in [1.54, 1.807) is 0 Å². The summed E-state index contributed by atoms with van der Waals surface area (Å²) in [5, 5.41) is 3.56. The summed E-state index contributed by atoms with van der Waals surface area (Å²) in [6.45, 7) is 2.96. The van der Waals surface area contributed by atoms with Crippen LogP contribution >= 0.6 is 0 Å². The highest BCUT2D eigenvalue weighted by molar-refractivity contribution is 5.96. The SMILES string of the molecule is CC1=C(c2nc3c(-c4ccncc4)cccc3[nH]2)c2cc(-c3cncc(N(C)C)c3)ccc2NC1. The minimum absolute atomic E-state index is 0.785. The first-order chi connectivity index (χ1) is 17.1. The number of aromatic nitrogens is 4. The topological polar surface area (TPSA) is 69.7 Å². The molecule has 172 valence electrons. The lowest BCUT2D eigenvalue weighted by atomic mass is 9.92. The number of nitrogens with zero attached hydrogens (tertiary/aromatic N) is 4. The van der Waals surface area contributed by atoms with Crippen LogP contribution in [0.25, 0.3) is 38.9 Å². The van der Waals surface area contributed by atoms with Gasteiger partial charge in [0.1, 0.15) is 5.82 Å². The first-order valence-electron chi connectivity index (χ1n) is 11.7. The van der Waals surface area contributed by atoms with E-state index in [1.165, 1.54) is 5.57 Å². The van der Waals surface area contributed by atoms with E-state index < -0.39 is 0 Å². The molecule has 0 aliphatic carbocycles. The molecule has 2 aromatic carbocycles. The van der Waals surface area contributed by atoms with Crippen LogP contribution in [0.2, 0.25) is 0 Å². The van der Waals surface area contributed by atoms with Crippen LogP contribution in [0, 0.1) is 0 Å². The average Bonchev–Trinajstić information content (AvgIpc) is 3.32. The summed E-state index contributed by atoms with van der Waals surface area (Å²) in [5.41, 5.74) is 12.1. The molecule has 0 amide bonds. The third-order valence-corrected chi connectivity index (χ3v) is 6.57. The number of hydrogen-bond donors (Lipinski definition) is 2. The van der Waals surface area contributed by atoms with E-state index >= 15 is 0 Å². The molecule has 0 fully saturated rings. The Labute approximate surface area is 204 Å². The number of anilines is 2. The number of fused-ring (bicyclic) bond motifs is 2. The lowest BCUT2D eigenvalue weighted by Gasteiger charge is -2.23. The van der Waals surface area contributed by atoms with Gasteiger partial charge in [0.05, 0.1) is 22.9 Å². The molecule has 3 aromatic heterocycles. The number of pyridine rings is 2. The molecule has 6 heteroatoms. The van der Waals surface area contributed by atoms with Crippen LogP contribution in [0.15, 0.2) is 85.0 Å². The molecule has 35 heavy (non-hydrogen) atoms. The van der Waals surface area contributed by atoms with Gasteiger partial charge in [-0.15, -0.1) is 0 Å². The van der Waals surface area contributed by atoms with Crippen molar-refractivity contribution in [3.05, 3.63) is 96.3 Å². The fourth-order valence-corrected chi connectivity index (χ4v) is 4.71. The fraction of sp³-hybridized carbons (Fsp3) is 0.138. The Kier molecular flexibility index (Phi) is 5.07. The highest BCUT2D eigenvalue weighted by Gasteiger charge is 2.22. The summed E-state index contributed by atoms with van der Waals surface area (Å²) in [6, 6.07) is 19.0. The van der Waals surface area contributed by atoms with Crippen LogP contribution in [-0.4, -0.2) is 40.6 Å². The van der Waals surface area contributed by atoms with Crippen molar-refractivity contribution in [2.45, 2.75) is 6.92 Å². The average molecular weight is 459 g/mol. The number of aromatic amines is 1. The second-order valence-electron chi connectivity index (χ2n) is 9.12. The number of hydrogen-bond acceptors (Lipinski definition) is 5. The van der Waals surface area contributed by atoms with Gasteiger partial charge in [-0.25, -0.2) is 4.98 Å². The zero-order valence-corrected chi connectivity index (χ0v) is 20.0. The van der Waals surface area contributed by atoms with Crippen molar-refractivity contribution in [2.75, 3.05) is 30.9 Å². The van der Waals surface area contributed by atoms with Gasteiger partial charge >= 0.3 is 0 Å². The Hall–Kier alpha value is -4.45. The van der Waals surface area contributed by atoms with Crippen molar-refractivity contribution < 1.29 is 0 Å². The van der Waals surface area contributed by atoms with Crippen molar-refractivity contribution in [3.8, 4) is 22.3 Å². The Balaban J connectivity index is 1.49. The number of nitrogens with one attached hydrogen (secondary N) is 2. The van der Waals surface area contributed by atoms with Gasteiger partial charge in [0.2, 0.25) is 0 Å². The molecule has 1 aliphatic rings. The molecule has 6 rings (SSSR count).